The second-order valence-electron chi connectivity index (χ2n) is 4.29. The van der Waals surface area contributed by atoms with E-state index in [0.29, 0.717) is 5.56 Å². The number of carbonyl (C=O) groups is 1. The van der Waals surface area contributed by atoms with Crippen LogP contribution in [0, 0.1) is 0 Å². The van der Waals surface area contributed by atoms with E-state index in [1.165, 1.54) is 38.3 Å². The minimum atomic E-state index is -3.89. The van der Waals surface area contributed by atoms with E-state index >= 15 is 0 Å². The Hall–Kier alpha value is -1.90. The SMILES string of the molecule is COc1ccc(/C=C/C(=O)O)cc1S(=O)(=O)NC(C)CO. The predicted octanol–water partition coefficient (Wildman–Crippen LogP) is 0.452. The molecule has 8 heteroatoms. The van der Waals surface area contributed by atoms with Crippen molar-refractivity contribution in [2.45, 2.75) is 17.9 Å². The molecule has 0 aromatic heterocycles. The van der Waals surface area contributed by atoms with Gasteiger partial charge in [0, 0.05) is 12.1 Å². The van der Waals surface area contributed by atoms with Crippen molar-refractivity contribution in [2.24, 2.45) is 0 Å². The molecule has 0 aliphatic carbocycles. The third-order valence-electron chi connectivity index (χ3n) is 2.53. The lowest BCUT2D eigenvalue weighted by molar-refractivity contribution is -0.131. The third-order valence-corrected chi connectivity index (χ3v) is 4.14. The van der Waals surface area contributed by atoms with Crippen LogP contribution >= 0.6 is 0 Å². The molecule has 0 amide bonds. The van der Waals surface area contributed by atoms with Crippen LogP contribution in [0.3, 0.4) is 0 Å². The van der Waals surface area contributed by atoms with E-state index < -0.39 is 22.0 Å². The van der Waals surface area contributed by atoms with Gasteiger partial charge < -0.3 is 14.9 Å². The highest BCUT2D eigenvalue weighted by molar-refractivity contribution is 7.89. The molecule has 1 aromatic rings. The van der Waals surface area contributed by atoms with Crippen LogP contribution in [-0.4, -0.2) is 44.4 Å². The Kier molecular flexibility index (Phi) is 5.89. The van der Waals surface area contributed by atoms with Gasteiger partial charge in [-0.05, 0) is 30.7 Å². The molecule has 0 aliphatic rings. The Labute approximate surface area is 122 Å². The fourth-order valence-electron chi connectivity index (χ4n) is 1.54. The van der Waals surface area contributed by atoms with Crippen LogP contribution in [0.4, 0.5) is 0 Å². The lowest BCUT2D eigenvalue weighted by atomic mass is 10.2. The highest BCUT2D eigenvalue weighted by atomic mass is 32.2. The van der Waals surface area contributed by atoms with Crippen LogP contribution in [0.25, 0.3) is 6.08 Å². The molecule has 1 aromatic carbocycles. The molecule has 1 atom stereocenters. The number of aliphatic hydroxyl groups excluding tert-OH is 1. The van der Waals surface area contributed by atoms with E-state index in [9.17, 15) is 13.2 Å². The number of nitrogens with one attached hydrogen (secondary N) is 1. The maximum Gasteiger partial charge on any atom is 0.328 e. The summed E-state index contributed by atoms with van der Waals surface area (Å²) >= 11 is 0. The minimum Gasteiger partial charge on any atom is -0.495 e. The van der Waals surface area contributed by atoms with Gasteiger partial charge in [0.05, 0.1) is 13.7 Å². The second kappa shape index (κ2) is 7.21. The lowest BCUT2D eigenvalue weighted by Crippen LogP contribution is -2.35. The maximum atomic E-state index is 12.2. The molecule has 1 rings (SSSR count). The van der Waals surface area contributed by atoms with Crippen LogP contribution in [0.2, 0.25) is 0 Å². The number of hydrogen-bond acceptors (Lipinski definition) is 5. The third kappa shape index (κ3) is 4.85. The molecule has 0 heterocycles. The Morgan fingerprint density at radius 1 is 1.48 bits per heavy atom. The van der Waals surface area contributed by atoms with Gasteiger partial charge in [0.1, 0.15) is 10.6 Å². The van der Waals surface area contributed by atoms with Gasteiger partial charge in [-0.25, -0.2) is 17.9 Å². The Morgan fingerprint density at radius 2 is 2.14 bits per heavy atom. The molecule has 0 saturated carbocycles. The van der Waals surface area contributed by atoms with E-state index in [-0.39, 0.29) is 17.3 Å². The van der Waals surface area contributed by atoms with Crippen molar-refractivity contribution >= 4 is 22.1 Å². The Bertz CT molecular complexity index is 638. The van der Waals surface area contributed by atoms with Gasteiger partial charge in [-0.1, -0.05) is 6.07 Å². The zero-order chi connectivity index (χ0) is 16.0. The molecule has 0 spiro atoms. The van der Waals surface area contributed by atoms with Gasteiger partial charge in [0.2, 0.25) is 10.0 Å². The summed E-state index contributed by atoms with van der Waals surface area (Å²) in [6.07, 6.45) is 2.18. The van der Waals surface area contributed by atoms with Crippen LogP contribution in [0.5, 0.6) is 5.75 Å². The fourth-order valence-corrected chi connectivity index (χ4v) is 2.98. The molecule has 3 N–H and O–H groups in total. The first-order chi connectivity index (χ1) is 9.80. The maximum absolute atomic E-state index is 12.2. The van der Waals surface area contributed by atoms with E-state index in [4.69, 9.17) is 14.9 Å². The van der Waals surface area contributed by atoms with Crippen LogP contribution in [-0.2, 0) is 14.8 Å². The zero-order valence-electron chi connectivity index (χ0n) is 11.6. The van der Waals surface area contributed by atoms with Gasteiger partial charge in [0.15, 0.2) is 0 Å². The number of aliphatic hydroxyl groups is 1. The quantitative estimate of drug-likeness (QED) is 0.630. The molecular formula is C13H17NO6S. The molecular weight excluding hydrogens is 298 g/mol. The first-order valence-corrected chi connectivity index (χ1v) is 7.50. The van der Waals surface area contributed by atoms with Crippen LogP contribution in [0.15, 0.2) is 29.2 Å². The van der Waals surface area contributed by atoms with Crippen molar-refractivity contribution in [2.75, 3.05) is 13.7 Å². The van der Waals surface area contributed by atoms with E-state index in [1.807, 2.05) is 0 Å². The van der Waals surface area contributed by atoms with Gasteiger partial charge in [-0.15, -0.1) is 0 Å². The molecule has 0 saturated heterocycles. The number of sulfonamides is 1. The summed E-state index contributed by atoms with van der Waals surface area (Å²) in [6, 6.07) is 3.61. The normalized spacial score (nSPS) is 13.3. The van der Waals surface area contributed by atoms with Gasteiger partial charge in [0.25, 0.3) is 0 Å². The summed E-state index contributed by atoms with van der Waals surface area (Å²) in [5.74, 6) is -1.01. The van der Waals surface area contributed by atoms with Gasteiger partial charge in [-0.2, -0.15) is 0 Å². The van der Waals surface area contributed by atoms with E-state index in [0.717, 1.165) is 6.08 Å². The van der Waals surface area contributed by atoms with Crippen molar-refractivity contribution in [3.05, 3.63) is 29.8 Å². The molecule has 0 bridgehead atoms. The number of aliphatic carboxylic acids is 1. The van der Waals surface area contributed by atoms with Crippen molar-refractivity contribution in [3.8, 4) is 5.75 Å². The minimum absolute atomic E-state index is 0.125. The molecule has 0 fully saturated rings. The molecule has 7 nitrogen and oxygen atoms in total. The highest BCUT2D eigenvalue weighted by Gasteiger charge is 2.21. The topological polar surface area (TPSA) is 113 Å². The average Bonchev–Trinajstić information content (AvgIpc) is 2.44. The molecule has 1 unspecified atom stereocenters. The lowest BCUT2D eigenvalue weighted by Gasteiger charge is -2.14. The largest absolute Gasteiger partial charge is 0.495 e. The number of ether oxygens (including phenoxy) is 1. The van der Waals surface area contributed by atoms with Crippen molar-refractivity contribution in [1.82, 2.24) is 4.72 Å². The number of carboxylic acids is 1. The number of methoxy groups -OCH3 is 1. The standard InChI is InChI=1S/C13H17NO6S/c1-9(8-15)14-21(18,19)12-7-10(4-6-13(16)17)3-5-11(12)20-2/h3-7,9,14-15H,8H2,1-2H3,(H,16,17)/b6-4+. The fraction of sp³-hybridized carbons (Fsp3) is 0.308. The smallest absolute Gasteiger partial charge is 0.328 e. The Morgan fingerprint density at radius 3 is 2.67 bits per heavy atom. The number of hydrogen-bond donors (Lipinski definition) is 3. The summed E-state index contributed by atoms with van der Waals surface area (Å²) in [6.45, 7) is 1.17. The summed E-state index contributed by atoms with van der Waals surface area (Å²) in [7, 11) is -2.56. The van der Waals surface area contributed by atoms with Gasteiger partial charge >= 0.3 is 5.97 Å². The highest BCUT2D eigenvalue weighted by Crippen LogP contribution is 2.25. The number of rotatable bonds is 7. The van der Waals surface area contributed by atoms with E-state index in [2.05, 4.69) is 4.72 Å². The van der Waals surface area contributed by atoms with Crippen molar-refractivity contribution < 1.29 is 28.2 Å². The Balaban J connectivity index is 3.25. The molecule has 0 radical (unpaired) electrons. The summed E-state index contributed by atoms with van der Waals surface area (Å²) in [4.78, 5) is 10.4. The van der Waals surface area contributed by atoms with Crippen molar-refractivity contribution in [1.29, 1.82) is 0 Å². The van der Waals surface area contributed by atoms with Crippen molar-refractivity contribution in [3.63, 3.8) is 0 Å². The van der Waals surface area contributed by atoms with Crippen LogP contribution < -0.4 is 9.46 Å². The summed E-state index contributed by atoms with van der Waals surface area (Å²) < 4.78 is 31.8. The van der Waals surface area contributed by atoms with Crippen LogP contribution in [0.1, 0.15) is 12.5 Å². The van der Waals surface area contributed by atoms with E-state index in [1.54, 1.807) is 0 Å². The molecule has 116 valence electrons. The number of carboxylic acid groups (broad SMARTS) is 1. The average molecular weight is 315 g/mol. The molecule has 21 heavy (non-hydrogen) atoms. The monoisotopic (exact) mass is 315 g/mol. The second-order valence-corrected chi connectivity index (χ2v) is 5.97. The van der Waals surface area contributed by atoms with Gasteiger partial charge in [-0.3, -0.25) is 0 Å². The first-order valence-electron chi connectivity index (χ1n) is 6.02. The predicted molar refractivity (Wildman–Crippen MR) is 76.5 cm³/mol. The first kappa shape index (κ1) is 17.2. The molecule has 0 aliphatic heterocycles. The summed E-state index contributed by atoms with van der Waals surface area (Å²) in [5, 5.41) is 17.5. The summed E-state index contributed by atoms with van der Waals surface area (Å²) in [5.41, 5.74) is 0.398. The zero-order valence-corrected chi connectivity index (χ0v) is 12.4. The number of benzene rings is 1.